The van der Waals surface area contributed by atoms with Gasteiger partial charge in [-0.05, 0) is 24.4 Å². The molecule has 0 saturated carbocycles. The quantitative estimate of drug-likeness (QED) is 0.347. The van der Waals surface area contributed by atoms with Crippen molar-refractivity contribution in [3.63, 3.8) is 0 Å². The third-order valence-electron chi connectivity index (χ3n) is 2.45. The van der Waals surface area contributed by atoms with Gasteiger partial charge >= 0.3 is 5.91 Å². The lowest BCUT2D eigenvalue weighted by molar-refractivity contribution is -0.684. The predicted octanol–water partition coefficient (Wildman–Crippen LogP) is -2.00. The van der Waals surface area contributed by atoms with Gasteiger partial charge in [0.15, 0.2) is 17.5 Å². The first-order chi connectivity index (χ1) is 9.74. The van der Waals surface area contributed by atoms with E-state index >= 15 is 0 Å². The number of nitrogens with one attached hydrogen (secondary N) is 3. The van der Waals surface area contributed by atoms with Crippen molar-refractivity contribution in [2.45, 2.75) is 6.54 Å². The van der Waals surface area contributed by atoms with Crippen molar-refractivity contribution in [1.82, 2.24) is 10.9 Å². The van der Waals surface area contributed by atoms with E-state index in [0.717, 1.165) is 5.69 Å². The van der Waals surface area contributed by atoms with E-state index in [1.165, 1.54) is 0 Å². The number of para-hydroxylation sites is 1. The average Bonchev–Trinajstić information content (AvgIpc) is 2.47. The maximum absolute atomic E-state index is 11.7. The number of nitrogens with zero attached hydrogens (tertiary/aromatic N) is 1. The normalized spacial score (nSPS) is 9.14. The van der Waals surface area contributed by atoms with Crippen molar-refractivity contribution in [3.8, 4) is 0 Å². The van der Waals surface area contributed by atoms with Crippen molar-refractivity contribution in [3.05, 3.63) is 60.9 Å². The van der Waals surface area contributed by atoms with Gasteiger partial charge in [-0.2, -0.15) is 4.57 Å². The number of halogens is 1. The molecular weight excluding hydrogens is 308 g/mol. The monoisotopic (exact) mass is 322 g/mol. The minimum absolute atomic E-state index is 0. The van der Waals surface area contributed by atoms with Gasteiger partial charge in [0.25, 0.3) is 0 Å². The van der Waals surface area contributed by atoms with Crippen LogP contribution in [0.25, 0.3) is 0 Å². The summed E-state index contributed by atoms with van der Waals surface area (Å²) in [6, 6.07) is 15.1. The number of hydrazine groups is 1. The number of carbonyl (C=O) groups excluding carboxylic acids is 1. The average molecular weight is 323 g/mol. The summed E-state index contributed by atoms with van der Waals surface area (Å²) in [6.45, 7) is 0.224. The molecule has 0 atom stereocenters. The zero-order valence-corrected chi connectivity index (χ0v) is 12.7. The number of amides is 1. The Morgan fingerprint density at radius 3 is 2.29 bits per heavy atom. The van der Waals surface area contributed by atoms with Gasteiger partial charge in [0, 0.05) is 17.8 Å². The fourth-order valence-corrected chi connectivity index (χ4v) is 1.72. The topological polar surface area (TPSA) is 57.0 Å². The van der Waals surface area contributed by atoms with Crippen LogP contribution in [0.3, 0.4) is 0 Å². The zero-order chi connectivity index (χ0) is 14.2. The lowest BCUT2D eigenvalue weighted by Crippen LogP contribution is -3.00. The first-order valence-corrected chi connectivity index (χ1v) is 6.50. The standard InChI is InChI=1S/C14H14N4OS.ClH/c19-13(11-18-9-5-2-6-10-18)16-17-14(20)15-12-7-3-1-4-8-12;/h1-10H,11H2,(H2-,15,16,17,19,20);1H. The molecule has 21 heavy (non-hydrogen) atoms. The molecule has 110 valence electrons. The molecule has 0 saturated heterocycles. The van der Waals surface area contributed by atoms with Crippen LogP contribution in [-0.2, 0) is 11.3 Å². The van der Waals surface area contributed by atoms with E-state index in [1.54, 1.807) is 4.57 Å². The number of carbonyl (C=O) groups is 1. The van der Waals surface area contributed by atoms with Crippen LogP contribution in [0.5, 0.6) is 0 Å². The van der Waals surface area contributed by atoms with Crippen molar-refractivity contribution in [2.24, 2.45) is 0 Å². The molecule has 0 bridgehead atoms. The minimum Gasteiger partial charge on any atom is -1.00 e. The summed E-state index contributed by atoms with van der Waals surface area (Å²) in [7, 11) is 0. The summed E-state index contributed by atoms with van der Waals surface area (Å²) in [4.78, 5) is 11.7. The van der Waals surface area contributed by atoms with E-state index in [4.69, 9.17) is 12.2 Å². The van der Waals surface area contributed by atoms with Crippen LogP contribution in [-0.4, -0.2) is 11.0 Å². The van der Waals surface area contributed by atoms with Gasteiger partial charge in [0.2, 0.25) is 6.54 Å². The molecule has 1 heterocycles. The number of aromatic nitrogens is 1. The molecule has 0 aliphatic carbocycles. The second kappa shape index (κ2) is 8.89. The van der Waals surface area contributed by atoms with Crippen LogP contribution >= 0.6 is 12.2 Å². The Kier molecular flexibility index (Phi) is 7.14. The Morgan fingerprint density at radius 1 is 1.00 bits per heavy atom. The van der Waals surface area contributed by atoms with E-state index in [2.05, 4.69) is 16.2 Å². The van der Waals surface area contributed by atoms with Crippen LogP contribution in [0.4, 0.5) is 5.69 Å². The SMILES string of the molecule is O=C(C[n+]1ccccc1)NNC(=S)Nc1ccccc1.[Cl-]. The molecule has 0 aliphatic rings. The van der Waals surface area contributed by atoms with Gasteiger partial charge in [-0.15, -0.1) is 0 Å². The highest BCUT2D eigenvalue weighted by molar-refractivity contribution is 7.80. The van der Waals surface area contributed by atoms with Crippen LogP contribution in [0.2, 0.25) is 0 Å². The number of hydrogen-bond acceptors (Lipinski definition) is 2. The molecule has 1 aromatic heterocycles. The lowest BCUT2D eigenvalue weighted by Gasteiger charge is -2.10. The summed E-state index contributed by atoms with van der Waals surface area (Å²) in [6.07, 6.45) is 3.64. The molecule has 2 aromatic rings. The Bertz CT molecular complexity index is 527. The van der Waals surface area contributed by atoms with E-state index in [1.807, 2.05) is 60.9 Å². The second-order valence-corrected chi connectivity index (χ2v) is 4.45. The van der Waals surface area contributed by atoms with E-state index in [9.17, 15) is 4.79 Å². The molecule has 7 heteroatoms. The van der Waals surface area contributed by atoms with Crippen molar-refractivity contribution < 1.29 is 21.8 Å². The molecule has 0 unspecified atom stereocenters. The summed E-state index contributed by atoms with van der Waals surface area (Å²) < 4.78 is 1.77. The van der Waals surface area contributed by atoms with Gasteiger partial charge < -0.3 is 17.7 Å². The van der Waals surface area contributed by atoms with Crippen LogP contribution in [0.1, 0.15) is 0 Å². The van der Waals surface area contributed by atoms with Crippen LogP contribution < -0.4 is 33.1 Å². The zero-order valence-electron chi connectivity index (χ0n) is 11.1. The molecule has 5 nitrogen and oxygen atoms in total. The molecular formula is C14H15ClN4OS. The van der Waals surface area contributed by atoms with E-state index in [-0.39, 0.29) is 24.9 Å². The number of pyridine rings is 1. The van der Waals surface area contributed by atoms with E-state index < -0.39 is 0 Å². The van der Waals surface area contributed by atoms with Crippen LogP contribution in [0.15, 0.2) is 60.9 Å². The fourth-order valence-electron chi connectivity index (χ4n) is 1.56. The van der Waals surface area contributed by atoms with Gasteiger partial charge in [0.1, 0.15) is 0 Å². The molecule has 1 amide bonds. The lowest BCUT2D eigenvalue weighted by atomic mass is 10.3. The smallest absolute Gasteiger partial charge is 0.304 e. The van der Waals surface area contributed by atoms with Gasteiger partial charge in [-0.1, -0.05) is 24.3 Å². The molecule has 0 fully saturated rings. The molecule has 0 spiro atoms. The third kappa shape index (κ3) is 6.20. The number of rotatable bonds is 3. The Hall–Kier alpha value is -2.18. The maximum atomic E-state index is 11.7. The Balaban J connectivity index is 0.00000220. The molecule has 0 radical (unpaired) electrons. The molecule has 3 N–H and O–H groups in total. The number of hydrogen-bond donors (Lipinski definition) is 3. The number of thiocarbonyl (C=S) groups is 1. The number of benzene rings is 1. The fraction of sp³-hybridized carbons (Fsp3) is 0.0714. The van der Waals surface area contributed by atoms with Gasteiger partial charge in [0.05, 0.1) is 0 Å². The summed E-state index contributed by atoms with van der Waals surface area (Å²) in [5.41, 5.74) is 6.05. The Labute approximate surface area is 134 Å². The highest BCUT2D eigenvalue weighted by atomic mass is 35.5. The highest BCUT2D eigenvalue weighted by Gasteiger charge is 2.08. The van der Waals surface area contributed by atoms with Gasteiger partial charge in [-0.25, -0.2) is 0 Å². The predicted molar refractivity (Wildman–Crippen MR) is 80.6 cm³/mol. The maximum Gasteiger partial charge on any atom is 0.304 e. The summed E-state index contributed by atoms with van der Waals surface area (Å²) >= 11 is 5.08. The van der Waals surface area contributed by atoms with Crippen molar-refractivity contribution in [2.75, 3.05) is 5.32 Å². The highest BCUT2D eigenvalue weighted by Crippen LogP contribution is 2.03. The molecule has 0 aliphatic heterocycles. The van der Waals surface area contributed by atoms with Crippen LogP contribution in [0, 0.1) is 0 Å². The van der Waals surface area contributed by atoms with E-state index in [0.29, 0.717) is 5.11 Å². The van der Waals surface area contributed by atoms with Crippen molar-refractivity contribution in [1.29, 1.82) is 0 Å². The largest absolute Gasteiger partial charge is 1.00 e. The summed E-state index contributed by atoms with van der Waals surface area (Å²) in [5.74, 6) is -0.182. The molecule has 2 rings (SSSR count). The Morgan fingerprint density at radius 2 is 1.62 bits per heavy atom. The summed E-state index contributed by atoms with van der Waals surface area (Å²) in [5, 5.41) is 3.30. The third-order valence-corrected chi connectivity index (χ3v) is 2.65. The molecule has 1 aromatic carbocycles. The first kappa shape index (κ1) is 16.9. The second-order valence-electron chi connectivity index (χ2n) is 4.04. The first-order valence-electron chi connectivity index (χ1n) is 6.09. The minimum atomic E-state index is -0.182. The van der Waals surface area contributed by atoms with Crippen molar-refractivity contribution >= 4 is 28.9 Å². The van der Waals surface area contributed by atoms with Gasteiger partial charge in [-0.3, -0.25) is 15.6 Å². The number of anilines is 1.